The Morgan fingerprint density at radius 3 is 3.04 bits per heavy atom. The Kier molecular flexibility index (Phi) is 6.22. The molecule has 1 atom stereocenters. The molecule has 1 aromatic carbocycles. The summed E-state index contributed by atoms with van der Waals surface area (Å²) in [5.41, 5.74) is 2.14. The van der Waals surface area contributed by atoms with Crippen LogP contribution in [-0.2, 0) is 11.3 Å². The van der Waals surface area contributed by atoms with Gasteiger partial charge >= 0.3 is 0 Å². The number of nitrogens with zero attached hydrogens (tertiary/aromatic N) is 2. The maximum absolute atomic E-state index is 8.88. The summed E-state index contributed by atoms with van der Waals surface area (Å²) in [6.07, 6.45) is -0.0177. The van der Waals surface area contributed by atoms with Crippen LogP contribution in [0.1, 0.15) is 17.4 Å². The number of morpholine rings is 1. The molecule has 1 saturated heterocycles. The highest BCUT2D eigenvalue weighted by Crippen LogP contribution is 2.23. The van der Waals surface area contributed by atoms with Crippen LogP contribution in [0.2, 0.25) is 0 Å². The highest BCUT2D eigenvalue weighted by atomic mass is 16.5. The summed E-state index contributed by atoms with van der Waals surface area (Å²) >= 11 is 0. The lowest BCUT2D eigenvalue weighted by atomic mass is 10.1. The summed E-state index contributed by atoms with van der Waals surface area (Å²) in [5, 5.41) is 11.9. The molecule has 6 nitrogen and oxygen atoms in total. The second-order valence-electron chi connectivity index (χ2n) is 6.01. The van der Waals surface area contributed by atoms with E-state index in [9.17, 15) is 0 Å². The summed E-state index contributed by atoms with van der Waals surface area (Å²) in [7, 11) is 1.87. The van der Waals surface area contributed by atoms with Crippen LogP contribution < -0.4 is 10.1 Å². The van der Waals surface area contributed by atoms with E-state index < -0.39 is 0 Å². The predicted molar refractivity (Wildman–Crippen MR) is 96.8 cm³/mol. The normalized spacial score (nSPS) is 18.1. The van der Waals surface area contributed by atoms with Crippen molar-refractivity contribution in [1.29, 1.82) is 0 Å². The van der Waals surface area contributed by atoms with Crippen molar-refractivity contribution in [2.45, 2.75) is 12.6 Å². The van der Waals surface area contributed by atoms with Crippen molar-refractivity contribution in [3.8, 4) is 5.75 Å². The molecule has 1 aliphatic heterocycles. The van der Waals surface area contributed by atoms with Gasteiger partial charge in [0.2, 0.25) is 0 Å². The zero-order valence-electron chi connectivity index (χ0n) is 14.5. The number of hydrogen-bond donors (Lipinski definition) is 2. The van der Waals surface area contributed by atoms with Crippen molar-refractivity contribution < 1.29 is 14.6 Å². The van der Waals surface area contributed by atoms with E-state index in [1.54, 1.807) is 0 Å². The van der Waals surface area contributed by atoms with Gasteiger partial charge in [-0.1, -0.05) is 18.2 Å². The first kappa shape index (κ1) is 17.7. The highest BCUT2D eigenvalue weighted by Gasteiger charge is 2.23. The van der Waals surface area contributed by atoms with E-state index in [1.807, 2.05) is 43.4 Å². The number of aliphatic hydroxyl groups excluding tert-OH is 1. The van der Waals surface area contributed by atoms with Crippen LogP contribution >= 0.6 is 0 Å². The van der Waals surface area contributed by atoms with Crippen molar-refractivity contribution in [2.75, 3.05) is 45.3 Å². The average Bonchev–Trinajstić information content (AvgIpc) is 2.67. The molecule has 2 aromatic rings. The van der Waals surface area contributed by atoms with Gasteiger partial charge in [-0.25, -0.2) is 4.98 Å². The lowest BCUT2D eigenvalue weighted by Crippen LogP contribution is -2.38. The summed E-state index contributed by atoms with van der Waals surface area (Å²) in [6, 6.07) is 14.0. The number of benzene rings is 1. The van der Waals surface area contributed by atoms with Crippen LogP contribution in [-0.4, -0.2) is 54.9 Å². The fraction of sp³-hybridized carbons (Fsp3) is 0.421. The Bertz CT molecular complexity index is 680. The van der Waals surface area contributed by atoms with Crippen LogP contribution in [0, 0.1) is 0 Å². The molecule has 3 rings (SSSR count). The molecule has 1 aromatic heterocycles. The first-order chi connectivity index (χ1) is 12.3. The molecule has 134 valence electrons. The van der Waals surface area contributed by atoms with Gasteiger partial charge in [0.05, 0.1) is 18.9 Å². The molecular weight excluding hydrogens is 318 g/mol. The Morgan fingerprint density at radius 1 is 1.32 bits per heavy atom. The summed E-state index contributed by atoms with van der Waals surface area (Å²) in [5.74, 6) is 1.65. The van der Waals surface area contributed by atoms with Gasteiger partial charge in [0.1, 0.15) is 24.3 Å². The van der Waals surface area contributed by atoms with E-state index >= 15 is 0 Å². The van der Waals surface area contributed by atoms with E-state index in [2.05, 4.69) is 21.3 Å². The molecule has 0 spiro atoms. The maximum Gasteiger partial charge on any atom is 0.126 e. The van der Waals surface area contributed by atoms with Crippen LogP contribution in [0.25, 0.3) is 0 Å². The summed E-state index contributed by atoms with van der Waals surface area (Å²) in [6.45, 7) is 3.56. The lowest BCUT2D eigenvalue weighted by Gasteiger charge is -2.32. The third-order valence-electron chi connectivity index (χ3n) is 4.17. The Hall–Kier alpha value is -2.15. The third kappa shape index (κ3) is 4.92. The zero-order valence-corrected chi connectivity index (χ0v) is 14.5. The van der Waals surface area contributed by atoms with Gasteiger partial charge in [0, 0.05) is 26.7 Å². The van der Waals surface area contributed by atoms with Gasteiger partial charge < -0.3 is 19.9 Å². The van der Waals surface area contributed by atoms with Crippen molar-refractivity contribution in [1.82, 2.24) is 9.88 Å². The van der Waals surface area contributed by atoms with E-state index in [-0.39, 0.29) is 12.7 Å². The molecular formula is C19H25N3O3. The van der Waals surface area contributed by atoms with Crippen LogP contribution in [0.15, 0.2) is 42.5 Å². The fourth-order valence-corrected chi connectivity index (χ4v) is 2.95. The SMILES string of the molecule is CNc1cccc([C@@H]2CN(Cc3cccc(OCCO)c3)CCO2)n1. The van der Waals surface area contributed by atoms with E-state index in [1.165, 1.54) is 5.56 Å². The topological polar surface area (TPSA) is 66.9 Å². The molecule has 1 aliphatic rings. The van der Waals surface area contributed by atoms with Crippen molar-refractivity contribution in [3.05, 3.63) is 53.7 Å². The number of hydrogen-bond acceptors (Lipinski definition) is 6. The first-order valence-corrected chi connectivity index (χ1v) is 8.60. The lowest BCUT2D eigenvalue weighted by molar-refractivity contribution is -0.0349. The molecule has 6 heteroatoms. The summed E-state index contributed by atoms with van der Waals surface area (Å²) in [4.78, 5) is 6.97. The van der Waals surface area contributed by atoms with Gasteiger partial charge in [-0.15, -0.1) is 0 Å². The van der Waals surface area contributed by atoms with Crippen molar-refractivity contribution in [2.24, 2.45) is 0 Å². The smallest absolute Gasteiger partial charge is 0.126 e. The molecule has 25 heavy (non-hydrogen) atoms. The number of aromatic nitrogens is 1. The Balaban J connectivity index is 1.63. The Labute approximate surface area is 148 Å². The molecule has 2 N–H and O–H groups in total. The number of rotatable bonds is 7. The van der Waals surface area contributed by atoms with Crippen molar-refractivity contribution >= 4 is 5.82 Å². The second kappa shape index (κ2) is 8.80. The molecule has 2 heterocycles. The van der Waals surface area contributed by atoms with Gasteiger partial charge in [-0.3, -0.25) is 4.90 Å². The van der Waals surface area contributed by atoms with Crippen molar-refractivity contribution in [3.63, 3.8) is 0 Å². The average molecular weight is 343 g/mol. The number of ether oxygens (including phenoxy) is 2. The largest absolute Gasteiger partial charge is 0.491 e. The number of aliphatic hydroxyl groups is 1. The van der Waals surface area contributed by atoms with Gasteiger partial charge in [-0.2, -0.15) is 0 Å². The molecule has 1 fully saturated rings. The monoisotopic (exact) mass is 343 g/mol. The third-order valence-corrected chi connectivity index (χ3v) is 4.17. The van der Waals surface area contributed by atoms with Gasteiger partial charge in [0.25, 0.3) is 0 Å². The van der Waals surface area contributed by atoms with Crippen LogP contribution in [0.5, 0.6) is 5.75 Å². The second-order valence-corrected chi connectivity index (χ2v) is 6.01. The molecule has 0 radical (unpaired) electrons. The van der Waals surface area contributed by atoms with E-state index in [4.69, 9.17) is 14.6 Å². The predicted octanol–water partition coefficient (Wildman–Crippen LogP) is 2.07. The fourth-order valence-electron chi connectivity index (χ4n) is 2.95. The molecule has 0 aliphatic carbocycles. The quantitative estimate of drug-likeness (QED) is 0.802. The van der Waals surface area contributed by atoms with Gasteiger partial charge in [0.15, 0.2) is 0 Å². The zero-order chi connectivity index (χ0) is 17.5. The summed E-state index contributed by atoms with van der Waals surface area (Å²) < 4.78 is 11.4. The van der Waals surface area contributed by atoms with E-state index in [0.717, 1.165) is 36.9 Å². The highest BCUT2D eigenvalue weighted by molar-refractivity contribution is 5.35. The minimum absolute atomic E-state index is 0.0177. The number of nitrogens with one attached hydrogen (secondary N) is 1. The van der Waals surface area contributed by atoms with E-state index in [0.29, 0.717) is 13.2 Å². The Morgan fingerprint density at radius 2 is 2.20 bits per heavy atom. The minimum atomic E-state index is -0.0177. The molecule has 0 amide bonds. The van der Waals surface area contributed by atoms with Gasteiger partial charge in [-0.05, 0) is 29.8 Å². The maximum atomic E-state index is 8.88. The van der Waals surface area contributed by atoms with Crippen LogP contribution in [0.3, 0.4) is 0 Å². The molecule has 0 unspecified atom stereocenters. The first-order valence-electron chi connectivity index (χ1n) is 8.60. The molecule has 0 bridgehead atoms. The van der Waals surface area contributed by atoms with Crippen LogP contribution in [0.4, 0.5) is 5.82 Å². The standard InChI is InChI=1S/C19H25N3O3/c1-20-19-7-3-6-17(21-19)18-14-22(8-10-25-18)13-15-4-2-5-16(12-15)24-11-9-23/h2-7,12,18,23H,8-11,13-14H2,1H3,(H,20,21)/t18-/m0/s1. The molecule has 0 saturated carbocycles. The minimum Gasteiger partial charge on any atom is -0.491 e. The number of pyridine rings is 1. The number of anilines is 1.